The van der Waals surface area contributed by atoms with Gasteiger partial charge in [-0.2, -0.15) is 0 Å². The summed E-state index contributed by atoms with van der Waals surface area (Å²) in [5.74, 6) is -7.16. The molecule has 5 atom stereocenters. The van der Waals surface area contributed by atoms with Crippen LogP contribution in [0.5, 0.6) is 0 Å². The van der Waals surface area contributed by atoms with Crippen molar-refractivity contribution in [3.63, 3.8) is 0 Å². The van der Waals surface area contributed by atoms with Crippen LogP contribution >= 0.6 is 0 Å². The highest BCUT2D eigenvalue weighted by molar-refractivity contribution is 5.96. The molecule has 0 aliphatic carbocycles. The van der Waals surface area contributed by atoms with Gasteiger partial charge in [0.1, 0.15) is 30.7 Å². The smallest absolute Gasteiger partial charge is 0.322 e. The molecule has 244 valence electrons. The number of carbonyl (C=O) groups excluding carboxylic acids is 5. The molecule has 5 amide bonds. The summed E-state index contributed by atoms with van der Waals surface area (Å²) in [6.07, 6.45) is -0.771. The van der Waals surface area contributed by atoms with Crippen LogP contribution in [0.3, 0.4) is 0 Å². The Morgan fingerprint density at radius 3 is 1.66 bits per heavy atom. The first kappa shape index (κ1) is 37.5. The third-order valence-electron chi connectivity index (χ3n) is 6.52. The van der Waals surface area contributed by atoms with Gasteiger partial charge in [0.05, 0.1) is 6.04 Å². The number of carboxylic acid groups (broad SMARTS) is 2. The molecule has 0 aliphatic heterocycles. The van der Waals surface area contributed by atoms with Crippen LogP contribution in [0.15, 0.2) is 30.3 Å². The third-order valence-corrected chi connectivity index (χ3v) is 6.52. The van der Waals surface area contributed by atoms with E-state index in [0.717, 1.165) is 0 Å². The van der Waals surface area contributed by atoms with E-state index in [-0.39, 0.29) is 12.8 Å². The maximum Gasteiger partial charge on any atom is 0.322 e. The molecule has 0 aromatic heterocycles. The molecule has 1 aromatic carbocycles. The number of nitrogens with two attached hydrogens (primary N) is 1. The van der Waals surface area contributed by atoms with E-state index in [4.69, 9.17) is 10.8 Å². The first-order chi connectivity index (χ1) is 20.5. The average molecular weight is 621 g/mol. The van der Waals surface area contributed by atoms with Crippen molar-refractivity contribution in [2.75, 3.05) is 6.54 Å². The van der Waals surface area contributed by atoms with E-state index >= 15 is 0 Å². The number of hydrogen-bond donors (Lipinski definition) is 8. The highest BCUT2D eigenvalue weighted by Gasteiger charge is 2.34. The Morgan fingerprint density at radius 1 is 0.659 bits per heavy atom. The van der Waals surface area contributed by atoms with Gasteiger partial charge < -0.3 is 42.5 Å². The van der Waals surface area contributed by atoms with E-state index in [1.54, 1.807) is 58.0 Å². The summed E-state index contributed by atoms with van der Waals surface area (Å²) in [5.41, 5.74) is 6.36. The number of amides is 5. The Labute approximate surface area is 256 Å². The lowest BCUT2D eigenvalue weighted by molar-refractivity contribution is -0.140. The minimum Gasteiger partial charge on any atom is -0.481 e. The van der Waals surface area contributed by atoms with Gasteiger partial charge in [-0.15, -0.1) is 0 Å². The first-order valence-electron chi connectivity index (χ1n) is 14.3. The van der Waals surface area contributed by atoms with Crippen LogP contribution in [-0.4, -0.2) is 88.4 Å². The molecule has 0 saturated heterocycles. The molecule has 1 rings (SSSR count). The number of aliphatic carboxylic acids is 2. The van der Waals surface area contributed by atoms with E-state index in [0.29, 0.717) is 5.56 Å². The van der Waals surface area contributed by atoms with Gasteiger partial charge in [0.2, 0.25) is 29.5 Å². The van der Waals surface area contributed by atoms with E-state index < -0.39 is 96.5 Å². The monoisotopic (exact) mass is 620 g/mol. The number of benzene rings is 1. The highest BCUT2D eigenvalue weighted by Crippen LogP contribution is 2.10. The normalized spacial score (nSPS) is 14.4. The Kier molecular flexibility index (Phi) is 15.5. The molecule has 0 radical (unpaired) electrons. The zero-order chi connectivity index (χ0) is 33.6. The maximum absolute atomic E-state index is 13.4. The van der Waals surface area contributed by atoms with Gasteiger partial charge in [-0.25, -0.2) is 0 Å². The molecule has 15 heteroatoms. The third kappa shape index (κ3) is 13.2. The summed E-state index contributed by atoms with van der Waals surface area (Å²) in [7, 11) is 0. The maximum atomic E-state index is 13.4. The summed E-state index contributed by atoms with van der Waals surface area (Å²) < 4.78 is 0. The van der Waals surface area contributed by atoms with Crippen LogP contribution in [0.25, 0.3) is 0 Å². The average Bonchev–Trinajstić information content (AvgIpc) is 2.94. The fourth-order valence-corrected chi connectivity index (χ4v) is 4.01. The van der Waals surface area contributed by atoms with Crippen molar-refractivity contribution >= 4 is 41.5 Å². The van der Waals surface area contributed by atoms with Gasteiger partial charge in [0, 0.05) is 12.8 Å². The second-order valence-corrected chi connectivity index (χ2v) is 11.1. The van der Waals surface area contributed by atoms with Gasteiger partial charge in [-0.3, -0.25) is 33.6 Å². The van der Waals surface area contributed by atoms with E-state index in [1.807, 2.05) is 0 Å². The Hall–Kier alpha value is -4.53. The quantitative estimate of drug-likeness (QED) is 0.0983. The second kappa shape index (κ2) is 18.2. The van der Waals surface area contributed by atoms with Crippen molar-refractivity contribution < 1.29 is 43.8 Å². The zero-order valence-corrected chi connectivity index (χ0v) is 25.6. The van der Waals surface area contributed by atoms with E-state index in [1.165, 1.54) is 6.92 Å². The predicted octanol–water partition coefficient (Wildman–Crippen LogP) is -1.11. The van der Waals surface area contributed by atoms with Gasteiger partial charge in [0.25, 0.3) is 0 Å². The van der Waals surface area contributed by atoms with Gasteiger partial charge in [-0.1, -0.05) is 58.0 Å². The number of hydrogen-bond acceptors (Lipinski definition) is 8. The number of nitrogens with one attached hydrogen (secondary N) is 5. The molecule has 5 unspecified atom stereocenters. The standard InChI is InChI=1S/C29H44N6O9/c1-15(2)23(28(43)31-14-22(38)39)35-29(44)24(16(3)4)34-26(41)19(11-12-21(36)37)32-27(42)20(33-25(40)17(5)30)13-18-9-7-6-8-10-18/h6-10,15-17,19-20,23-24H,11-14,30H2,1-5H3,(H,31,43)(H,32,42)(H,33,40)(H,34,41)(H,35,44)(H,36,37)(H,38,39). The topological polar surface area (TPSA) is 246 Å². The lowest BCUT2D eigenvalue weighted by Crippen LogP contribution is -2.60. The lowest BCUT2D eigenvalue weighted by atomic mass is 9.99. The van der Waals surface area contributed by atoms with Crippen molar-refractivity contribution in [2.45, 2.75) is 84.1 Å². The van der Waals surface area contributed by atoms with Crippen LogP contribution in [0.2, 0.25) is 0 Å². The molecule has 0 fully saturated rings. The molecule has 9 N–H and O–H groups in total. The van der Waals surface area contributed by atoms with E-state index in [9.17, 15) is 38.7 Å². The van der Waals surface area contributed by atoms with Crippen molar-refractivity contribution in [1.29, 1.82) is 0 Å². The summed E-state index contributed by atoms with van der Waals surface area (Å²) in [6.45, 7) is 7.33. The molecule has 0 heterocycles. The van der Waals surface area contributed by atoms with Crippen LogP contribution < -0.4 is 32.3 Å². The van der Waals surface area contributed by atoms with Gasteiger partial charge >= 0.3 is 11.9 Å². The van der Waals surface area contributed by atoms with Gasteiger partial charge in [0.15, 0.2) is 0 Å². The molecule has 0 bridgehead atoms. The largest absolute Gasteiger partial charge is 0.481 e. The minimum atomic E-state index is -1.40. The van der Waals surface area contributed by atoms with Crippen molar-refractivity contribution in [3.05, 3.63) is 35.9 Å². The van der Waals surface area contributed by atoms with Crippen LogP contribution in [0.1, 0.15) is 53.0 Å². The fourth-order valence-electron chi connectivity index (χ4n) is 4.01. The number of carboxylic acids is 2. The molecule has 0 saturated carbocycles. The number of rotatable bonds is 18. The van der Waals surface area contributed by atoms with Crippen LogP contribution in [0.4, 0.5) is 0 Å². The summed E-state index contributed by atoms with van der Waals surface area (Å²) in [5, 5.41) is 30.4. The summed E-state index contributed by atoms with van der Waals surface area (Å²) in [4.78, 5) is 87.0. The highest BCUT2D eigenvalue weighted by atomic mass is 16.4. The Bertz CT molecular complexity index is 1170. The van der Waals surface area contributed by atoms with Crippen LogP contribution in [-0.2, 0) is 40.0 Å². The minimum absolute atomic E-state index is 0.0515. The number of carbonyl (C=O) groups is 7. The summed E-state index contributed by atoms with van der Waals surface area (Å²) >= 11 is 0. The lowest BCUT2D eigenvalue weighted by Gasteiger charge is -2.29. The molecule has 1 aromatic rings. The molecule has 15 nitrogen and oxygen atoms in total. The molecular weight excluding hydrogens is 576 g/mol. The molecule has 0 spiro atoms. The first-order valence-corrected chi connectivity index (χ1v) is 14.3. The zero-order valence-electron chi connectivity index (χ0n) is 25.6. The second-order valence-electron chi connectivity index (χ2n) is 11.1. The Balaban J connectivity index is 3.19. The predicted molar refractivity (Wildman–Crippen MR) is 159 cm³/mol. The van der Waals surface area contributed by atoms with E-state index in [2.05, 4.69) is 26.6 Å². The van der Waals surface area contributed by atoms with Gasteiger partial charge in [-0.05, 0) is 30.7 Å². The van der Waals surface area contributed by atoms with Crippen molar-refractivity contribution in [2.24, 2.45) is 17.6 Å². The molecule has 0 aliphatic rings. The fraction of sp³-hybridized carbons (Fsp3) is 0.552. The molecule has 44 heavy (non-hydrogen) atoms. The Morgan fingerprint density at radius 2 is 1.16 bits per heavy atom. The van der Waals surface area contributed by atoms with Crippen molar-refractivity contribution in [3.8, 4) is 0 Å². The summed E-state index contributed by atoms with van der Waals surface area (Å²) in [6, 6.07) is 2.93. The van der Waals surface area contributed by atoms with Crippen molar-refractivity contribution in [1.82, 2.24) is 26.6 Å². The SMILES string of the molecule is CC(N)C(=O)NC(Cc1ccccc1)C(=O)NC(CCC(=O)O)C(=O)NC(C(=O)NC(C(=O)NCC(=O)O)C(C)C)C(C)C. The van der Waals surface area contributed by atoms with Crippen LogP contribution in [0, 0.1) is 11.8 Å². The molecular formula is C29H44N6O9.